The maximum Gasteiger partial charge on any atom is 0.417 e. The van der Waals surface area contributed by atoms with E-state index in [4.69, 9.17) is 5.26 Å². The molecule has 0 aromatic heterocycles. The summed E-state index contributed by atoms with van der Waals surface area (Å²) in [5, 5.41) is 11.5. The number of benzene rings is 2. The second-order valence-corrected chi connectivity index (χ2v) is 6.72. The molecule has 0 aliphatic heterocycles. The Bertz CT molecular complexity index is 899. The number of hydrogen-bond donors (Lipinski definition) is 1. The molecule has 4 nitrogen and oxygen atoms in total. The lowest BCUT2D eigenvalue weighted by atomic mass is 10.1. The number of amides is 1. The van der Waals surface area contributed by atoms with E-state index in [2.05, 4.69) is 5.32 Å². The predicted octanol–water partition coefficient (Wildman–Crippen LogP) is 4.57. The Morgan fingerprint density at radius 2 is 1.86 bits per heavy atom. The van der Waals surface area contributed by atoms with Crippen LogP contribution < -0.4 is 10.2 Å². The fourth-order valence-electron chi connectivity index (χ4n) is 2.84. The van der Waals surface area contributed by atoms with E-state index >= 15 is 0 Å². The Kier molecular flexibility index (Phi) is 5.54. The van der Waals surface area contributed by atoms with Gasteiger partial charge in [0, 0.05) is 17.9 Å². The van der Waals surface area contributed by atoms with Crippen LogP contribution in [0.2, 0.25) is 0 Å². The molecule has 0 spiro atoms. The second kappa shape index (κ2) is 7.89. The van der Waals surface area contributed by atoms with Gasteiger partial charge in [-0.3, -0.25) is 4.79 Å². The van der Waals surface area contributed by atoms with Gasteiger partial charge in [-0.2, -0.15) is 18.4 Å². The first-order chi connectivity index (χ1) is 13.3. The summed E-state index contributed by atoms with van der Waals surface area (Å²) in [5.41, 5.74) is -0.855. The van der Waals surface area contributed by atoms with Crippen molar-refractivity contribution in [2.45, 2.75) is 19.0 Å². The molecular formula is C20H17F4N3O. The first-order valence-electron chi connectivity index (χ1n) is 8.68. The summed E-state index contributed by atoms with van der Waals surface area (Å²) in [6.07, 6.45) is -2.75. The maximum atomic E-state index is 13.3. The van der Waals surface area contributed by atoms with E-state index < -0.39 is 29.0 Å². The zero-order valence-electron chi connectivity index (χ0n) is 14.8. The number of anilines is 2. The van der Waals surface area contributed by atoms with Gasteiger partial charge in [0.05, 0.1) is 23.7 Å². The molecule has 1 N–H and O–H groups in total. The molecule has 1 aliphatic carbocycles. The average molecular weight is 391 g/mol. The van der Waals surface area contributed by atoms with Crippen LogP contribution >= 0.6 is 0 Å². The normalized spacial score (nSPS) is 13.7. The van der Waals surface area contributed by atoms with Gasteiger partial charge in [-0.15, -0.1) is 0 Å². The van der Waals surface area contributed by atoms with Crippen molar-refractivity contribution in [3.05, 3.63) is 59.4 Å². The fraction of sp³-hybridized carbons (Fsp3) is 0.300. The standard InChI is InChI=1S/C20H17F4N3O/c21-15-4-6-16(7-5-15)26-19(28)12-27(11-13-1-2-13)17-8-3-14(10-25)18(9-17)20(22,23)24/h3-9,13H,1-2,11-12H2,(H,26,28). The van der Waals surface area contributed by atoms with E-state index in [-0.39, 0.29) is 12.2 Å². The van der Waals surface area contributed by atoms with E-state index in [1.165, 1.54) is 30.3 Å². The Morgan fingerprint density at radius 1 is 1.18 bits per heavy atom. The monoisotopic (exact) mass is 391 g/mol. The molecule has 2 aromatic carbocycles. The molecule has 0 bridgehead atoms. The van der Waals surface area contributed by atoms with Gasteiger partial charge in [0.25, 0.3) is 0 Å². The van der Waals surface area contributed by atoms with Crippen LogP contribution in [0.1, 0.15) is 24.0 Å². The van der Waals surface area contributed by atoms with Crippen LogP contribution in [0, 0.1) is 23.1 Å². The number of rotatable bonds is 6. The van der Waals surface area contributed by atoms with Crippen LogP contribution in [0.5, 0.6) is 0 Å². The molecule has 146 valence electrons. The summed E-state index contributed by atoms with van der Waals surface area (Å²) >= 11 is 0. The summed E-state index contributed by atoms with van der Waals surface area (Å²) in [4.78, 5) is 13.9. The van der Waals surface area contributed by atoms with Crippen LogP contribution in [0.3, 0.4) is 0 Å². The molecule has 2 aromatic rings. The van der Waals surface area contributed by atoms with Crippen molar-refractivity contribution >= 4 is 17.3 Å². The van der Waals surface area contributed by atoms with Gasteiger partial charge >= 0.3 is 6.18 Å². The highest BCUT2D eigenvalue weighted by Gasteiger charge is 2.35. The number of carbonyl (C=O) groups is 1. The largest absolute Gasteiger partial charge is 0.417 e. The van der Waals surface area contributed by atoms with Crippen molar-refractivity contribution in [2.24, 2.45) is 5.92 Å². The molecule has 8 heteroatoms. The van der Waals surface area contributed by atoms with Gasteiger partial charge in [0.2, 0.25) is 5.91 Å². The third-order valence-electron chi connectivity index (χ3n) is 4.43. The van der Waals surface area contributed by atoms with Gasteiger partial charge in [-0.1, -0.05) is 0 Å². The minimum absolute atomic E-state index is 0.156. The van der Waals surface area contributed by atoms with Gasteiger partial charge in [-0.25, -0.2) is 4.39 Å². The number of halogens is 4. The summed E-state index contributed by atoms with van der Waals surface area (Å²) in [5.74, 6) is -0.542. The van der Waals surface area contributed by atoms with Crippen LogP contribution in [-0.4, -0.2) is 19.0 Å². The highest BCUT2D eigenvalue weighted by molar-refractivity contribution is 5.94. The Hall–Kier alpha value is -3.08. The number of nitrogens with one attached hydrogen (secondary N) is 1. The molecule has 0 radical (unpaired) electrons. The van der Waals surface area contributed by atoms with Crippen LogP contribution in [0.25, 0.3) is 0 Å². The first-order valence-corrected chi connectivity index (χ1v) is 8.68. The molecule has 28 heavy (non-hydrogen) atoms. The molecule has 1 saturated carbocycles. The SMILES string of the molecule is N#Cc1ccc(N(CC(=O)Nc2ccc(F)cc2)CC2CC2)cc1C(F)(F)F. The lowest BCUT2D eigenvalue weighted by molar-refractivity contribution is -0.137. The third-order valence-corrected chi connectivity index (χ3v) is 4.43. The highest BCUT2D eigenvalue weighted by atomic mass is 19.4. The number of nitriles is 1. The van der Waals surface area contributed by atoms with Crippen molar-refractivity contribution in [3.63, 3.8) is 0 Å². The highest BCUT2D eigenvalue weighted by Crippen LogP contribution is 2.36. The lowest BCUT2D eigenvalue weighted by Crippen LogP contribution is -2.35. The molecule has 3 rings (SSSR count). The summed E-state index contributed by atoms with van der Waals surface area (Å²) in [6, 6.07) is 10.2. The molecule has 0 heterocycles. The van der Waals surface area contributed by atoms with Gasteiger partial charge < -0.3 is 10.2 Å². The minimum atomic E-state index is -4.66. The predicted molar refractivity (Wildman–Crippen MR) is 96.1 cm³/mol. The summed E-state index contributed by atoms with van der Waals surface area (Å²) in [6.45, 7) is 0.289. The van der Waals surface area contributed by atoms with Crippen LogP contribution in [-0.2, 0) is 11.0 Å². The van der Waals surface area contributed by atoms with Gasteiger partial charge in [0.15, 0.2) is 0 Å². The van der Waals surface area contributed by atoms with Gasteiger partial charge in [0.1, 0.15) is 5.82 Å². The zero-order valence-corrected chi connectivity index (χ0v) is 14.8. The van der Waals surface area contributed by atoms with Crippen molar-refractivity contribution in [3.8, 4) is 6.07 Å². The quantitative estimate of drug-likeness (QED) is 0.734. The Morgan fingerprint density at radius 3 is 2.43 bits per heavy atom. The summed E-state index contributed by atoms with van der Waals surface area (Å²) < 4.78 is 52.7. The molecule has 1 aliphatic rings. The third kappa shape index (κ3) is 5.00. The van der Waals surface area contributed by atoms with Gasteiger partial charge in [-0.05, 0) is 61.2 Å². The topological polar surface area (TPSA) is 56.1 Å². The van der Waals surface area contributed by atoms with Crippen molar-refractivity contribution in [1.82, 2.24) is 0 Å². The number of hydrogen-bond acceptors (Lipinski definition) is 3. The van der Waals surface area contributed by atoms with E-state index in [1.54, 1.807) is 11.0 Å². The van der Waals surface area contributed by atoms with E-state index in [0.29, 0.717) is 18.2 Å². The molecule has 0 atom stereocenters. The maximum absolute atomic E-state index is 13.3. The first kappa shape index (κ1) is 19.7. The Balaban J connectivity index is 1.81. The Labute approximate surface area is 159 Å². The molecular weight excluding hydrogens is 374 g/mol. The molecule has 0 unspecified atom stereocenters. The van der Waals surface area contributed by atoms with E-state index in [1.807, 2.05) is 0 Å². The number of carbonyl (C=O) groups excluding carboxylic acids is 1. The van der Waals surface area contributed by atoms with Crippen molar-refractivity contribution in [2.75, 3.05) is 23.3 Å². The molecule has 0 saturated heterocycles. The lowest BCUT2D eigenvalue weighted by Gasteiger charge is -2.25. The fourth-order valence-corrected chi connectivity index (χ4v) is 2.84. The zero-order chi connectivity index (χ0) is 20.3. The number of nitrogens with zero attached hydrogens (tertiary/aromatic N) is 2. The number of alkyl halides is 3. The van der Waals surface area contributed by atoms with E-state index in [9.17, 15) is 22.4 Å². The van der Waals surface area contributed by atoms with Crippen molar-refractivity contribution in [1.29, 1.82) is 5.26 Å². The van der Waals surface area contributed by atoms with E-state index in [0.717, 1.165) is 25.0 Å². The molecule has 1 fully saturated rings. The second-order valence-electron chi connectivity index (χ2n) is 6.72. The summed E-state index contributed by atoms with van der Waals surface area (Å²) in [7, 11) is 0. The van der Waals surface area contributed by atoms with Crippen LogP contribution in [0.4, 0.5) is 28.9 Å². The molecule has 1 amide bonds. The minimum Gasteiger partial charge on any atom is -0.362 e. The smallest absolute Gasteiger partial charge is 0.362 e. The van der Waals surface area contributed by atoms with Crippen LogP contribution in [0.15, 0.2) is 42.5 Å². The van der Waals surface area contributed by atoms with Crippen molar-refractivity contribution < 1.29 is 22.4 Å². The average Bonchev–Trinajstić information content (AvgIpc) is 3.46.